The van der Waals surface area contributed by atoms with Crippen LogP contribution in [0.25, 0.3) is 0 Å². The normalized spacial score (nSPS) is 16.3. The van der Waals surface area contributed by atoms with Gasteiger partial charge in [-0.2, -0.15) is 0 Å². The fourth-order valence-electron chi connectivity index (χ4n) is 1.75. The summed E-state index contributed by atoms with van der Waals surface area (Å²) in [6, 6.07) is 4.42. The first-order valence-corrected chi connectivity index (χ1v) is 5.37. The zero-order valence-electron chi connectivity index (χ0n) is 9.02. The van der Waals surface area contributed by atoms with Crippen LogP contribution in [0.15, 0.2) is 24.3 Å². The fraction of sp³-hybridized carbons (Fsp3) is 0.333. The molecule has 5 heteroatoms. The number of ketones is 1. The number of carboxylic acid groups (broad SMARTS) is 1. The Bertz CT molecular complexity index is 440. The molecule has 1 unspecified atom stereocenters. The van der Waals surface area contributed by atoms with Crippen LogP contribution < -0.4 is 5.32 Å². The van der Waals surface area contributed by atoms with Gasteiger partial charge >= 0.3 is 6.09 Å². The Morgan fingerprint density at radius 3 is 2.35 bits per heavy atom. The van der Waals surface area contributed by atoms with Crippen molar-refractivity contribution >= 4 is 11.9 Å². The molecular formula is C12H12FNO3. The summed E-state index contributed by atoms with van der Waals surface area (Å²) in [5.74, 6) is -0.644. The molecule has 2 N–H and O–H groups in total. The second-order valence-corrected chi connectivity index (χ2v) is 4.14. The summed E-state index contributed by atoms with van der Waals surface area (Å²) in [7, 11) is 0. The maximum Gasteiger partial charge on any atom is 0.405 e. The van der Waals surface area contributed by atoms with E-state index in [4.69, 9.17) is 5.11 Å². The van der Waals surface area contributed by atoms with Gasteiger partial charge in [-0.05, 0) is 43.0 Å². The maximum atomic E-state index is 12.7. The first-order valence-electron chi connectivity index (χ1n) is 5.37. The van der Waals surface area contributed by atoms with Crippen molar-refractivity contribution in [3.8, 4) is 0 Å². The Morgan fingerprint density at radius 1 is 1.29 bits per heavy atom. The van der Waals surface area contributed by atoms with Gasteiger partial charge in [0.2, 0.25) is 0 Å². The molecule has 1 aliphatic carbocycles. The van der Waals surface area contributed by atoms with Crippen molar-refractivity contribution in [2.75, 3.05) is 0 Å². The van der Waals surface area contributed by atoms with Crippen LogP contribution in [-0.4, -0.2) is 23.0 Å². The van der Waals surface area contributed by atoms with Gasteiger partial charge < -0.3 is 10.4 Å². The number of halogens is 1. The van der Waals surface area contributed by atoms with Crippen LogP contribution in [0.3, 0.4) is 0 Å². The molecule has 2 rings (SSSR count). The third-order valence-electron chi connectivity index (χ3n) is 2.78. The average molecular weight is 237 g/mol. The molecular weight excluding hydrogens is 225 g/mol. The molecule has 17 heavy (non-hydrogen) atoms. The minimum atomic E-state index is -1.21. The highest BCUT2D eigenvalue weighted by Crippen LogP contribution is 2.34. The van der Waals surface area contributed by atoms with Crippen LogP contribution in [-0.2, 0) is 0 Å². The highest BCUT2D eigenvalue weighted by atomic mass is 19.1. The second-order valence-electron chi connectivity index (χ2n) is 4.14. The van der Waals surface area contributed by atoms with Crippen molar-refractivity contribution in [2.45, 2.75) is 18.9 Å². The lowest BCUT2D eigenvalue weighted by molar-refractivity contribution is 0.0924. The number of rotatable bonds is 4. The third-order valence-corrected chi connectivity index (χ3v) is 2.78. The summed E-state index contributed by atoms with van der Waals surface area (Å²) in [5.41, 5.74) is 0.331. The quantitative estimate of drug-likeness (QED) is 0.787. The average Bonchev–Trinajstić information content (AvgIpc) is 3.09. The minimum absolute atomic E-state index is 0.0728. The molecule has 0 bridgehead atoms. The van der Waals surface area contributed by atoms with Crippen LogP contribution in [0.2, 0.25) is 0 Å². The molecule has 1 amide bonds. The summed E-state index contributed by atoms with van der Waals surface area (Å²) in [4.78, 5) is 22.6. The van der Waals surface area contributed by atoms with Crippen molar-refractivity contribution in [2.24, 2.45) is 5.92 Å². The van der Waals surface area contributed by atoms with E-state index < -0.39 is 18.0 Å². The Morgan fingerprint density at radius 2 is 1.88 bits per heavy atom. The maximum absolute atomic E-state index is 12.7. The van der Waals surface area contributed by atoms with Crippen molar-refractivity contribution < 1.29 is 19.1 Å². The summed E-state index contributed by atoms with van der Waals surface area (Å²) < 4.78 is 12.7. The van der Waals surface area contributed by atoms with Gasteiger partial charge in [0.25, 0.3) is 0 Å². The summed E-state index contributed by atoms with van der Waals surface area (Å²) >= 11 is 0. The van der Waals surface area contributed by atoms with E-state index in [0.717, 1.165) is 12.8 Å². The first kappa shape index (κ1) is 11.6. The van der Waals surface area contributed by atoms with Gasteiger partial charge in [-0.3, -0.25) is 4.79 Å². The van der Waals surface area contributed by atoms with Crippen molar-refractivity contribution in [3.63, 3.8) is 0 Å². The van der Waals surface area contributed by atoms with Gasteiger partial charge in [0.05, 0.1) is 6.04 Å². The van der Waals surface area contributed by atoms with Crippen LogP contribution in [0.4, 0.5) is 9.18 Å². The molecule has 0 saturated heterocycles. The standard InChI is InChI=1S/C12H12FNO3/c13-9-5-3-8(4-6-9)11(15)10(7-1-2-7)14-12(16)17/h3-7,10,14H,1-2H2,(H,16,17). The van der Waals surface area contributed by atoms with E-state index in [1.165, 1.54) is 24.3 Å². The summed E-state index contributed by atoms with van der Waals surface area (Å²) in [6.45, 7) is 0. The molecule has 1 atom stereocenters. The van der Waals surface area contributed by atoms with E-state index in [0.29, 0.717) is 5.56 Å². The van der Waals surface area contributed by atoms with Crippen molar-refractivity contribution in [3.05, 3.63) is 35.6 Å². The number of amides is 1. The van der Waals surface area contributed by atoms with E-state index in [9.17, 15) is 14.0 Å². The van der Waals surface area contributed by atoms with E-state index in [1.807, 2.05) is 0 Å². The lowest BCUT2D eigenvalue weighted by atomic mass is 10.0. The topological polar surface area (TPSA) is 66.4 Å². The minimum Gasteiger partial charge on any atom is -0.465 e. The number of carbonyl (C=O) groups excluding carboxylic acids is 1. The molecule has 1 aromatic rings. The molecule has 1 fully saturated rings. The number of carbonyl (C=O) groups is 2. The second kappa shape index (κ2) is 4.53. The van der Waals surface area contributed by atoms with Gasteiger partial charge in [0.1, 0.15) is 5.82 Å². The summed E-state index contributed by atoms with van der Waals surface area (Å²) in [6.07, 6.45) is 0.479. The molecule has 0 radical (unpaired) electrons. The van der Waals surface area contributed by atoms with Gasteiger partial charge in [-0.25, -0.2) is 9.18 Å². The molecule has 1 saturated carbocycles. The molecule has 1 aliphatic rings. The number of nitrogens with one attached hydrogen (secondary N) is 1. The van der Waals surface area contributed by atoms with Crippen molar-refractivity contribution in [1.82, 2.24) is 5.32 Å². The van der Waals surface area contributed by atoms with Gasteiger partial charge in [-0.1, -0.05) is 0 Å². The smallest absolute Gasteiger partial charge is 0.405 e. The Balaban J connectivity index is 2.15. The SMILES string of the molecule is O=C(O)NC(C(=O)c1ccc(F)cc1)C1CC1. The highest BCUT2D eigenvalue weighted by Gasteiger charge is 2.37. The number of hydrogen-bond donors (Lipinski definition) is 2. The highest BCUT2D eigenvalue weighted by molar-refractivity contribution is 6.01. The van der Waals surface area contributed by atoms with Crippen LogP contribution in [0.1, 0.15) is 23.2 Å². The van der Waals surface area contributed by atoms with E-state index in [1.54, 1.807) is 0 Å². The largest absolute Gasteiger partial charge is 0.465 e. The van der Waals surface area contributed by atoms with Gasteiger partial charge in [0.15, 0.2) is 5.78 Å². The van der Waals surface area contributed by atoms with E-state index in [-0.39, 0.29) is 11.7 Å². The molecule has 0 spiro atoms. The Hall–Kier alpha value is -1.91. The van der Waals surface area contributed by atoms with Crippen molar-refractivity contribution in [1.29, 1.82) is 0 Å². The fourth-order valence-corrected chi connectivity index (χ4v) is 1.75. The van der Waals surface area contributed by atoms with Crippen LogP contribution in [0, 0.1) is 11.7 Å². The Kier molecular flexibility index (Phi) is 3.08. The van der Waals surface area contributed by atoms with Gasteiger partial charge in [0, 0.05) is 5.56 Å². The zero-order valence-corrected chi connectivity index (χ0v) is 9.02. The van der Waals surface area contributed by atoms with Crippen LogP contribution in [0.5, 0.6) is 0 Å². The number of Topliss-reactive ketones (excluding diaryl/α,β-unsaturated/α-hetero) is 1. The molecule has 90 valence electrons. The zero-order chi connectivity index (χ0) is 12.4. The predicted octanol–water partition coefficient (Wildman–Crippen LogP) is 2.05. The molecule has 0 aromatic heterocycles. The Labute approximate surface area is 97.4 Å². The lowest BCUT2D eigenvalue weighted by Crippen LogP contribution is -2.41. The molecule has 0 heterocycles. The molecule has 4 nitrogen and oxygen atoms in total. The first-order chi connectivity index (χ1) is 8.08. The van der Waals surface area contributed by atoms with Crippen LogP contribution >= 0.6 is 0 Å². The number of benzene rings is 1. The number of hydrogen-bond acceptors (Lipinski definition) is 2. The summed E-state index contributed by atoms with van der Waals surface area (Å²) in [5, 5.41) is 10.9. The lowest BCUT2D eigenvalue weighted by Gasteiger charge is -2.14. The van der Waals surface area contributed by atoms with E-state index in [2.05, 4.69) is 5.32 Å². The monoisotopic (exact) mass is 237 g/mol. The van der Waals surface area contributed by atoms with E-state index >= 15 is 0 Å². The molecule has 0 aliphatic heterocycles. The molecule has 1 aromatic carbocycles. The van der Waals surface area contributed by atoms with Gasteiger partial charge in [-0.15, -0.1) is 0 Å². The predicted molar refractivity (Wildman–Crippen MR) is 58.4 cm³/mol. The third kappa shape index (κ3) is 2.81.